The molecule has 2 aromatic heterocycles. The molecular formula is C19H14F8N4OS. The molecule has 178 valence electrons. The van der Waals surface area contributed by atoms with Crippen LogP contribution in [0, 0.1) is 11.6 Å². The van der Waals surface area contributed by atoms with Crippen molar-refractivity contribution in [1.82, 2.24) is 19.3 Å². The molecule has 0 bridgehead atoms. The van der Waals surface area contributed by atoms with Crippen molar-refractivity contribution in [2.24, 2.45) is 0 Å². The highest BCUT2D eigenvalue weighted by molar-refractivity contribution is 7.97. The van der Waals surface area contributed by atoms with Gasteiger partial charge in [-0.3, -0.25) is 0 Å². The summed E-state index contributed by atoms with van der Waals surface area (Å²) >= 11 is 0.926. The van der Waals surface area contributed by atoms with Crippen LogP contribution in [0.4, 0.5) is 35.1 Å². The van der Waals surface area contributed by atoms with E-state index in [4.69, 9.17) is 4.74 Å². The van der Waals surface area contributed by atoms with Gasteiger partial charge in [-0.05, 0) is 30.5 Å². The summed E-state index contributed by atoms with van der Waals surface area (Å²) in [4.78, 5) is 9.88. The molecular weight excluding hydrogens is 484 g/mol. The van der Waals surface area contributed by atoms with Crippen LogP contribution in [-0.4, -0.2) is 51.2 Å². The van der Waals surface area contributed by atoms with Crippen LogP contribution in [0.5, 0.6) is 0 Å². The van der Waals surface area contributed by atoms with E-state index in [0.29, 0.717) is 18.5 Å². The van der Waals surface area contributed by atoms with Crippen molar-refractivity contribution in [2.45, 2.75) is 29.9 Å². The minimum atomic E-state index is -4.96. The van der Waals surface area contributed by atoms with Crippen LogP contribution in [0.1, 0.15) is 12.0 Å². The first kappa shape index (κ1) is 23.7. The van der Waals surface area contributed by atoms with Gasteiger partial charge in [-0.2, -0.15) is 26.3 Å². The minimum Gasteiger partial charge on any atom is -0.367 e. The number of rotatable bonds is 3. The van der Waals surface area contributed by atoms with Crippen LogP contribution in [-0.2, 0) is 10.9 Å². The van der Waals surface area contributed by atoms with E-state index in [0.717, 1.165) is 11.9 Å². The van der Waals surface area contributed by atoms with Gasteiger partial charge in [-0.15, -0.1) is 0 Å². The van der Waals surface area contributed by atoms with Crippen LogP contribution < -0.4 is 0 Å². The fraction of sp³-hybridized carbons (Fsp3) is 0.368. The summed E-state index contributed by atoms with van der Waals surface area (Å²) in [5.74, 6) is -2.51. The molecule has 4 rings (SSSR count). The normalized spacial score (nSPS) is 18.6. The molecule has 0 spiro atoms. The first-order valence-corrected chi connectivity index (χ1v) is 10.2. The summed E-state index contributed by atoms with van der Waals surface area (Å²) in [6.07, 6.45) is -10.3. The van der Waals surface area contributed by atoms with E-state index in [2.05, 4.69) is 15.0 Å². The van der Waals surface area contributed by atoms with Crippen molar-refractivity contribution in [2.75, 3.05) is 19.7 Å². The Bertz CT molecular complexity index is 1150. The molecule has 1 fully saturated rings. The predicted octanol–water partition coefficient (Wildman–Crippen LogP) is 5.58. The number of aromatic nitrogens is 3. The van der Waals surface area contributed by atoms with Crippen molar-refractivity contribution in [3.05, 3.63) is 41.7 Å². The van der Waals surface area contributed by atoms with Gasteiger partial charge >= 0.3 is 12.4 Å². The third kappa shape index (κ3) is 5.06. The van der Waals surface area contributed by atoms with Crippen molar-refractivity contribution in [3.8, 4) is 11.4 Å². The number of benzene rings is 1. The number of ether oxygens (including phenoxy) is 1. The second kappa shape index (κ2) is 8.72. The molecule has 3 aromatic rings. The standard InChI is InChI=1S/C19H14F8N4OS/c20-9-7-28-17(29-8-9)15-10-5-14(30-16(10)12(21)6-11(15)18(22,23)24)33-31-2-1-13(19(25,26)27)32-4-3-31/h5-8,13,30H,1-4H2. The molecule has 3 heterocycles. The lowest BCUT2D eigenvalue weighted by Gasteiger charge is -2.18. The first-order chi connectivity index (χ1) is 15.4. The average molecular weight is 498 g/mol. The molecule has 1 N–H and O–H groups in total. The smallest absolute Gasteiger partial charge is 0.367 e. The molecule has 1 aliphatic rings. The van der Waals surface area contributed by atoms with Gasteiger partial charge in [-0.25, -0.2) is 23.1 Å². The largest absolute Gasteiger partial charge is 0.417 e. The van der Waals surface area contributed by atoms with Crippen LogP contribution in [0.15, 0.2) is 29.6 Å². The number of aromatic amines is 1. The van der Waals surface area contributed by atoms with Gasteiger partial charge in [0, 0.05) is 24.0 Å². The summed E-state index contributed by atoms with van der Waals surface area (Å²) in [6, 6.07) is 1.52. The lowest BCUT2D eigenvalue weighted by Crippen LogP contribution is -2.31. The highest BCUT2D eigenvalue weighted by atomic mass is 32.2. The Morgan fingerprint density at radius 3 is 2.36 bits per heavy atom. The second-order valence-corrected chi connectivity index (χ2v) is 8.27. The van der Waals surface area contributed by atoms with E-state index < -0.39 is 47.0 Å². The third-order valence-electron chi connectivity index (χ3n) is 4.88. The highest BCUT2D eigenvalue weighted by Gasteiger charge is 2.42. The highest BCUT2D eigenvalue weighted by Crippen LogP contribution is 2.42. The monoisotopic (exact) mass is 498 g/mol. The maximum absolute atomic E-state index is 14.6. The summed E-state index contributed by atoms with van der Waals surface area (Å²) in [5.41, 5.74) is -2.16. The Kier molecular flexibility index (Phi) is 6.26. The third-order valence-corrected chi connectivity index (χ3v) is 5.92. The van der Waals surface area contributed by atoms with Crippen molar-refractivity contribution in [3.63, 3.8) is 0 Å². The number of nitrogens with zero attached hydrogens (tertiary/aromatic N) is 3. The zero-order chi connectivity index (χ0) is 24.0. The van der Waals surface area contributed by atoms with E-state index in [1.807, 2.05) is 0 Å². The molecule has 14 heteroatoms. The molecule has 1 unspecified atom stereocenters. The van der Waals surface area contributed by atoms with Crippen LogP contribution >= 0.6 is 11.9 Å². The quantitative estimate of drug-likeness (QED) is 0.378. The zero-order valence-corrected chi connectivity index (χ0v) is 17.2. The zero-order valence-electron chi connectivity index (χ0n) is 16.4. The predicted molar refractivity (Wildman–Crippen MR) is 102 cm³/mol. The summed E-state index contributed by atoms with van der Waals surface area (Å²) < 4.78 is 114. The molecule has 0 saturated carbocycles. The van der Waals surface area contributed by atoms with E-state index in [1.165, 1.54) is 10.4 Å². The molecule has 1 aliphatic heterocycles. The lowest BCUT2D eigenvalue weighted by molar-refractivity contribution is -0.218. The fourth-order valence-corrected chi connectivity index (χ4v) is 4.39. The number of nitrogens with one attached hydrogen (secondary N) is 1. The maximum Gasteiger partial charge on any atom is 0.417 e. The van der Waals surface area contributed by atoms with Gasteiger partial charge in [0.25, 0.3) is 0 Å². The minimum absolute atomic E-state index is 0.0194. The summed E-state index contributed by atoms with van der Waals surface area (Å²) in [7, 11) is 0. The van der Waals surface area contributed by atoms with Gasteiger partial charge in [0.1, 0.15) is 5.82 Å². The molecule has 1 atom stereocenters. The Labute approximate surface area is 185 Å². The van der Waals surface area contributed by atoms with Crippen LogP contribution in [0.2, 0.25) is 0 Å². The van der Waals surface area contributed by atoms with Gasteiger partial charge in [-0.1, -0.05) is 0 Å². The Morgan fingerprint density at radius 1 is 1.03 bits per heavy atom. The first-order valence-electron chi connectivity index (χ1n) is 9.45. The Morgan fingerprint density at radius 2 is 1.73 bits per heavy atom. The molecule has 0 aliphatic carbocycles. The van der Waals surface area contributed by atoms with E-state index in [1.54, 1.807) is 0 Å². The summed E-state index contributed by atoms with van der Waals surface area (Å²) in [6.45, 7) is -0.121. The summed E-state index contributed by atoms with van der Waals surface area (Å²) in [5, 5.41) is -0.00674. The SMILES string of the molecule is Fc1cnc(-c2c(C(F)(F)F)cc(F)c3[nH]c(SN4CCOC(C(F)(F)F)CC4)cc23)nc1. The van der Waals surface area contributed by atoms with Crippen molar-refractivity contribution in [1.29, 1.82) is 0 Å². The van der Waals surface area contributed by atoms with Gasteiger partial charge in [0.2, 0.25) is 0 Å². The molecule has 1 aromatic carbocycles. The van der Waals surface area contributed by atoms with Gasteiger partial charge in [0.15, 0.2) is 17.7 Å². The van der Waals surface area contributed by atoms with Crippen LogP contribution in [0.3, 0.4) is 0 Å². The van der Waals surface area contributed by atoms with Crippen LogP contribution in [0.25, 0.3) is 22.3 Å². The Hall–Kier alpha value is -2.45. The molecule has 5 nitrogen and oxygen atoms in total. The number of hydrogen-bond donors (Lipinski definition) is 1. The average Bonchev–Trinajstić information content (AvgIpc) is 2.98. The van der Waals surface area contributed by atoms with E-state index in [9.17, 15) is 35.1 Å². The van der Waals surface area contributed by atoms with Gasteiger partial charge < -0.3 is 9.72 Å². The van der Waals surface area contributed by atoms with Crippen molar-refractivity contribution < 1.29 is 39.9 Å². The molecule has 33 heavy (non-hydrogen) atoms. The molecule has 0 radical (unpaired) electrons. The number of halogens is 8. The lowest BCUT2D eigenvalue weighted by atomic mass is 10.0. The maximum atomic E-state index is 14.6. The van der Waals surface area contributed by atoms with Gasteiger partial charge in [0.05, 0.1) is 35.1 Å². The molecule has 0 amide bonds. The number of hydrogen-bond acceptors (Lipinski definition) is 5. The number of alkyl halides is 6. The number of H-pyrrole nitrogens is 1. The second-order valence-electron chi connectivity index (χ2n) is 7.14. The van der Waals surface area contributed by atoms with E-state index >= 15 is 0 Å². The fourth-order valence-electron chi connectivity index (χ4n) is 3.43. The Balaban J connectivity index is 1.72. The van der Waals surface area contributed by atoms with E-state index in [-0.39, 0.29) is 42.0 Å². The van der Waals surface area contributed by atoms with Crippen molar-refractivity contribution >= 4 is 22.9 Å². The topological polar surface area (TPSA) is 54.0 Å². The molecule has 1 saturated heterocycles. The number of fused-ring (bicyclic) bond motifs is 1.